The molecule has 0 fully saturated rings. The summed E-state index contributed by atoms with van der Waals surface area (Å²) < 4.78 is 15.5. The largest absolute Gasteiger partial charge is 0.493 e. The molecular formula is C19H14ClNO5. The van der Waals surface area contributed by atoms with Crippen molar-refractivity contribution in [1.82, 2.24) is 0 Å². The molecule has 0 saturated heterocycles. The van der Waals surface area contributed by atoms with Crippen molar-refractivity contribution < 1.29 is 23.8 Å². The van der Waals surface area contributed by atoms with Crippen LogP contribution in [0.15, 0.2) is 53.2 Å². The van der Waals surface area contributed by atoms with Crippen molar-refractivity contribution in [2.45, 2.75) is 6.92 Å². The van der Waals surface area contributed by atoms with Crippen LogP contribution in [0.2, 0.25) is 5.02 Å². The number of carbonyl (C=O) groups is 2. The van der Waals surface area contributed by atoms with Gasteiger partial charge in [0.15, 0.2) is 17.2 Å². The van der Waals surface area contributed by atoms with Gasteiger partial charge in [-0.05, 0) is 35.9 Å². The maximum absolute atomic E-state index is 12.1. The van der Waals surface area contributed by atoms with Crippen LogP contribution in [0.5, 0.6) is 11.5 Å². The summed E-state index contributed by atoms with van der Waals surface area (Å²) in [4.78, 5) is 27.5. The molecule has 1 heterocycles. The van der Waals surface area contributed by atoms with Crippen LogP contribution in [-0.4, -0.2) is 24.9 Å². The Hall–Kier alpha value is -3.12. The smallest absolute Gasteiger partial charge is 0.363 e. The molecule has 6 nitrogen and oxygen atoms in total. The van der Waals surface area contributed by atoms with Gasteiger partial charge >= 0.3 is 11.9 Å². The van der Waals surface area contributed by atoms with Crippen molar-refractivity contribution >= 4 is 35.5 Å². The third kappa shape index (κ3) is 3.75. The van der Waals surface area contributed by atoms with E-state index in [2.05, 4.69) is 4.99 Å². The second-order valence-corrected chi connectivity index (χ2v) is 5.74. The van der Waals surface area contributed by atoms with E-state index >= 15 is 0 Å². The van der Waals surface area contributed by atoms with Crippen molar-refractivity contribution in [3.8, 4) is 11.5 Å². The second-order valence-electron chi connectivity index (χ2n) is 5.33. The third-order valence-electron chi connectivity index (χ3n) is 3.44. The van der Waals surface area contributed by atoms with Crippen LogP contribution >= 0.6 is 11.6 Å². The van der Waals surface area contributed by atoms with E-state index in [-0.39, 0.29) is 28.1 Å². The van der Waals surface area contributed by atoms with Gasteiger partial charge < -0.3 is 14.2 Å². The zero-order valence-corrected chi connectivity index (χ0v) is 14.7. The Morgan fingerprint density at radius 1 is 1.23 bits per heavy atom. The number of methoxy groups -OCH3 is 1. The minimum absolute atomic E-state index is 0.117. The van der Waals surface area contributed by atoms with E-state index < -0.39 is 11.9 Å². The van der Waals surface area contributed by atoms with Gasteiger partial charge in [0.1, 0.15) is 0 Å². The molecule has 2 aromatic carbocycles. The molecule has 0 unspecified atom stereocenters. The lowest BCUT2D eigenvalue weighted by Gasteiger charge is -2.10. The number of aliphatic imine (C=N–C) groups is 1. The molecule has 0 amide bonds. The number of benzene rings is 2. The maximum atomic E-state index is 12.1. The number of ether oxygens (including phenoxy) is 3. The van der Waals surface area contributed by atoms with Gasteiger partial charge in [0, 0.05) is 12.5 Å². The number of hydrogen-bond acceptors (Lipinski definition) is 6. The van der Waals surface area contributed by atoms with Gasteiger partial charge in [0.25, 0.3) is 0 Å². The van der Waals surface area contributed by atoms with Crippen LogP contribution in [0, 0.1) is 0 Å². The summed E-state index contributed by atoms with van der Waals surface area (Å²) in [6.45, 7) is 1.26. The highest BCUT2D eigenvalue weighted by Crippen LogP contribution is 2.37. The fourth-order valence-electron chi connectivity index (χ4n) is 2.34. The number of carbonyl (C=O) groups excluding carboxylic acids is 2. The summed E-state index contributed by atoms with van der Waals surface area (Å²) in [6, 6.07) is 12.2. The first kappa shape index (κ1) is 17.7. The van der Waals surface area contributed by atoms with Gasteiger partial charge in [-0.2, -0.15) is 0 Å². The van der Waals surface area contributed by atoms with Gasteiger partial charge in [-0.15, -0.1) is 0 Å². The van der Waals surface area contributed by atoms with Crippen LogP contribution < -0.4 is 9.47 Å². The van der Waals surface area contributed by atoms with E-state index in [1.165, 1.54) is 20.1 Å². The minimum atomic E-state index is -0.567. The number of cyclic esters (lactones) is 1. The number of halogens is 1. The Kier molecular flexibility index (Phi) is 5.04. The lowest BCUT2D eigenvalue weighted by Crippen LogP contribution is -2.05. The van der Waals surface area contributed by atoms with Gasteiger partial charge in [-0.1, -0.05) is 29.8 Å². The molecule has 2 aromatic rings. The molecule has 0 spiro atoms. The molecular weight excluding hydrogens is 358 g/mol. The predicted molar refractivity (Wildman–Crippen MR) is 96.4 cm³/mol. The fourth-order valence-corrected chi connectivity index (χ4v) is 2.59. The Bertz CT molecular complexity index is 934. The van der Waals surface area contributed by atoms with Crippen LogP contribution in [0.3, 0.4) is 0 Å². The minimum Gasteiger partial charge on any atom is -0.493 e. The van der Waals surface area contributed by atoms with E-state index in [1.807, 2.05) is 18.2 Å². The molecule has 0 saturated carbocycles. The summed E-state index contributed by atoms with van der Waals surface area (Å²) in [5.74, 6) is -0.475. The van der Waals surface area contributed by atoms with E-state index in [1.54, 1.807) is 24.3 Å². The standard InChI is InChI=1S/C19H14ClNO5/c1-11(22)25-17-14(20)8-12(10-16(17)24-2)9-15-19(23)26-18(21-15)13-6-4-3-5-7-13/h3-10H,1-2H3/b15-9-. The van der Waals surface area contributed by atoms with E-state index in [0.29, 0.717) is 11.1 Å². The zero-order valence-electron chi connectivity index (χ0n) is 14.0. The van der Waals surface area contributed by atoms with Crippen LogP contribution in [-0.2, 0) is 14.3 Å². The van der Waals surface area contributed by atoms with E-state index in [0.717, 1.165) is 0 Å². The molecule has 0 radical (unpaired) electrons. The summed E-state index contributed by atoms with van der Waals surface area (Å²) in [7, 11) is 1.42. The van der Waals surface area contributed by atoms with Crippen molar-refractivity contribution in [3.63, 3.8) is 0 Å². The van der Waals surface area contributed by atoms with Crippen LogP contribution in [0.1, 0.15) is 18.1 Å². The highest BCUT2D eigenvalue weighted by molar-refractivity contribution is 6.32. The summed E-state index contributed by atoms with van der Waals surface area (Å²) in [6.07, 6.45) is 1.52. The molecule has 0 bridgehead atoms. The number of nitrogens with zero attached hydrogens (tertiary/aromatic N) is 1. The first-order valence-electron chi connectivity index (χ1n) is 7.62. The molecule has 0 aromatic heterocycles. The van der Waals surface area contributed by atoms with Gasteiger partial charge in [0.2, 0.25) is 5.90 Å². The number of hydrogen-bond donors (Lipinski definition) is 0. The number of esters is 2. The zero-order chi connectivity index (χ0) is 18.7. The normalized spacial score (nSPS) is 14.8. The third-order valence-corrected chi connectivity index (χ3v) is 3.72. The highest BCUT2D eigenvalue weighted by Gasteiger charge is 2.24. The monoisotopic (exact) mass is 371 g/mol. The molecule has 0 aliphatic carbocycles. The summed E-state index contributed by atoms with van der Waals surface area (Å²) >= 11 is 6.17. The fraction of sp³-hybridized carbons (Fsp3) is 0.105. The topological polar surface area (TPSA) is 74.2 Å². The lowest BCUT2D eigenvalue weighted by atomic mass is 10.1. The summed E-state index contributed by atoms with van der Waals surface area (Å²) in [5, 5.41) is 0.171. The second kappa shape index (κ2) is 7.41. The number of rotatable bonds is 4. The predicted octanol–water partition coefficient (Wildman–Crippen LogP) is 3.62. The highest BCUT2D eigenvalue weighted by atomic mass is 35.5. The van der Waals surface area contributed by atoms with Crippen LogP contribution in [0.25, 0.3) is 6.08 Å². The molecule has 1 aliphatic rings. The lowest BCUT2D eigenvalue weighted by molar-refractivity contribution is -0.132. The van der Waals surface area contributed by atoms with Crippen molar-refractivity contribution in [2.24, 2.45) is 4.99 Å². The van der Waals surface area contributed by atoms with Crippen LogP contribution in [0.4, 0.5) is 0 Å². The van der Waals surface area contributed by atoms with Gasteiger partial charge in [0.05, 0.1) is 12.1 Å². The average molecular weight is 372 g/mol. The van der Waals surface area contributed by atoms with E-state index in [9.17, 15) is 9.59 Å². The summed E-state index contributed by atoms with van der Waals surface area (Å²) in [5.41, 5.74) is 1.38. The molecule has 3 rings (SSSR count). The Balaban J connectivity index is 1.97. The maximum Gasteiger partial charge on any atom is 0.363 e. The van der Waals surface area contributed by atoms with Gasteiger partial charge in [-0.25, -0.2) is 9.79 Å². The molecule has 0 N–H and O–H groups in total. The molecule has 0 atom stereocenters. The quantitative estimate of drug-likeness (QED) is 0.466. The first-order valence-corrected chi connectivity index (χ1v) is 7.99. The van der Waals surface area contributed by atoms with E-state index in [4.69, 9.17) is 25.8 Å². The first-order chi connectivity index (χ1) is 12.5. The molecule has 26 heavy (non-hydrogen) atoms. The van der Waals surface area contributed by atoms with Crippen molar-refractivity contribution in [1.29, 1.82) is 0 Å². The SMILES string of the molecule is COc1cc(/C=C2\N=C(c3ccccc3)OC2=O)cc(Cl)c1OC(C)=O. The van der Waals surface area contributed by atoms with Crippen molar-refractivity contribution in [2.75, 3.05) is 7.11 Å². The Morgan fingerprint density at radius 3 is 2.62 bits per heavy atom. The Morgan fingerprint density at radius 2 is 1.96 bits per heavy atom. The van der Waals surface area contributed by atoms with Crippen molar-refractivity contribution in [3.05, 3.63) is 64.3 Å². The average Bonchev–Trinajstić information content (AvgIpc) is 2.98. The Labute approximate surface area is 154 Å². The molecule has 7 heteroatoms. The molecule has 1 aliphatic heterocycles. The molecule has 132 valence electrons. The van der Waals surface area contributed by atoms with Gasteiger partial charge in [-0.3, -0.25) is 4.79 Å².